The maximum absolute atomic E-state index is 12.7. The van der Waals surface area contributed by atoms with Crippen LogP contribution in [0.25, 0.3) is 0 Å². The fraction of sp³-hybridized carbons (Fsp3) is 0.421. The summed E-state index contributed by atoms with van der Waals surface area (Å²) < 4.78 is 10.6. The second-order valence-corrected chi connectivity index (χ2v) is 7.51. The lowest BCUT2D eigenvalue weighted by molar-refractivity contribution is -0.129. The third-order valence-electron chi connectivity index (χ3n) is 4.49. The van der Waals surface area contributed by atoms with Crippen LogP contribution in [0.4, 0.5) is 5.00 Å². The highest BCUT2D eigenvalue weighted by atomic mass is 32.1. The van der Waals surface area contributed by atoms with Crippen molar-refractivity contribution in [3.8, 4) is 0 Å². The summed E-state index contributed by atoms with van der Waals surface area (Å²) in [5, 5.41) is 3.29. The van der Waals surface area contributed by atoms with E-state index in [2.05, 4.69) is 5.32 Å². The van der Waals surface area contributed by atoms with Gasteiger partial charge >= 0.3 is 5.97 Å². The molecule has 0 bridgehead atoms. The third kappa shape index (κ3) is 3.75. The molecule has 7 nitrogen and oxygen atoms in total. The standard InChI is InChI=1S/C19H22N2O5S/c1-5-25-19(24)16-13-6-7-21(12(4)22)9-15(13)27-18(16)20-17(23)14-8-10(2)26-11(14)3/h8H,5-7,9H2,1-4H3,(H,20,23). The Morgan fingerprint density at radius 1 is 1.33 bits per heavy atom. The molecule has 0 aliphatic carbocycles. The van der Waals surface area contributed by atoms with Crippen LogP contribution in [0, 0.1) is 13.8 Å². The van der Waals surface area contributed by atoms with E-state index in [-0.39, 0.29) is 18.4 Å². The molecule has 2 amide bonds. The number of carbonyl (C=O) groups is 3. The van der Waals surface area contributed by atoms with Gasteiger partial charge in [-0.15, -0.1) is 11.3 Å². The molecule has 1 N–H and O–H groups in total. The summed E-state index contributed by atoms with van der Waals surface area (Å²) in [7, 11) is 0. The smallest absolute Gasteiger partial charge is 0.341 e. The average molecular weight is 390 g/mol. The van der Waals surface area contributed by atoms with Crippen LogP contribution in [0.2, 0.25) is 0 Å². The monoisotopic (exact) mass is 390 g/mol. The number of fused-ring (bicyclic) bond motifs is 1. The van der Waals surface area contributed by atoms with Crippen molar-refractivity contribution in [2.24, 2.45) is 0 Å². The molecule has 0 saturated carbocycles. The van der Waals surface area contributed by atoms with Crippen LogP contribution >= 0.6 is 11.3 Å². The maximum atomic E-state index is 12.7. The molecule has 3 heterocycles. The van der Waals surface area contributed by atoms with E-state index < -0.39 is 5.97 Å². The average Bonchev–Trinajstić information content (AvgIpc) is 3.13. The van der Waals surface area contributed by atoms with Crippen molar-refractivity contribution in [1.29, 1.82) is 0 Å². The van der Waals surface area contributed by atoms with E-state index in [0.717, 1.165) is 10.4 Å². The fourth-order valence-electron chi connectivity index (χ4n) is 3.21. The summed E-state index contributed by atoms with van der Waals surface area (Å²) in [4.78, 5) is 39.5. The van der Waals surface area contributed by atoms with Crippen molar-refractivity contribution in [3.05, 3.63) is 39.2 Å². The number of nitrogens with one attached hydrogen (secondary N) is 1. The van der Waals surface area contributed by atoms with Crippen molar-refractivity contribution in [1.82, 2.24) is 4.90 Å². The Bertz CT molecular complexity index is 912. The van der Waals surface area contributed by atoms with Crippen LogP contribution in [0.5, 0.6) is 0 Å². The van der Waals surface area contributed by atoms with Gasteiger partial charge in [0.2, 0.25) is 5.91 Å². The fourth-order valence-corrected chi connectivity index (χ4v) is 4.45. The molecule has 144 valence electrons. The third-order valence-corrected chi connectivity index (χ3v) is 5.63. The van der Waals surface area contributed by atoms with Gasteiger partial charge in [0.05, 0.1) is 24.3 Å². The van der Waals surface area contributed by atoms with Crippen LogP contribution in [0.1, 0.15) is 56.5 Å². The second-order valence-electron chi connectivity index (χ2n) is 6.40. The number of ether oxygens (including phenoxy) is 1. The van der Waals surface area contributed by atoms with Crippen molar-refractivity contribution in [2.45, 2.75) is 40.7 Å². The molecule has 0 aromatic carbocycles. The summed E-state index contributed by atoms with van der Waals surface area (Å²) in [5.74, 6) is 0.359. The minimum Gasteiger partial charge on any atom is -0.466 e. The van der Waals surface area contributed by atoms with E-state index in [9.17, 15) is 14.4 Å². The lowest BCUT2D eigenvalue weighted by Gasteiger charge is -2.25. The number of rotatable bonds is 4. The van der Waals surface area contributed by atoms with Crippen LogP contribution in [0.15, 0.2) is 10.5 Å². The largest absolute Gasteiger partial charge is 0.466 e. The van der Waals surface area contributed by atoms with E-state index >= 15 is 0 Å². The van der Waals surface area contributed by atoms with Crippen molar-refractivity contribution >= 4 is 34.1 Å². The summed E-state index contributed by atoms with van der Waals surface area (Å²) in [6.07, 6.45) is 0.555. The Morgan fingerprint density at radius 3 is 2.67 bits per heavy atom. The van der Waals surface area contributed by atoms with Gasteiger partial charge in [-0.2, -0.15) is 0 Å². The number of nitrogens with zero attached hydrogens (tertiary/aromatic N) is 1. The van der Waals surface area contributed by atoms with Gasteiger partial charge in [0.25, 0.3) is 5.91 Å². The van der Waals surface area contributed by atoms with E-state index in [1.807, 2.05) is 0 Å². The van der Waals surface area contributed by atoms with E-state index in [4.69, 9.17) is 9.15 Å². The Kier molecular flexibility index (Phi) is 5.36. The highest BCUT2D eigenvalue weighted by Gasteiger charge is 2.30. The molecule has 0 spiro atoms. The number of furan rings is 1. The molecule has 0 radical (unpaired) electrons. The minimum atomic E-state index is -0.457. The highest BCUT2D eigenvalue weighted by molar-refractivity contribution is 7.17. The van der Waals surface area contributed by atoms with Gasteiger partial charge in [0.1, 0.15) is 16.5 Å². The van der Waals surface area contributed by atoms with Gasteiger partial charge < -0.3 is 19.4 Å². The Morgan fingerprint density at radius 2 is 2.07 bits per heavy atom. The van der Waals surface area contributed by atoms with Gasteiger partial charge in [-0.1, -0.05) is 0 Å². The van der Waals surface area contributed by atoms with E-state index in [1.54, 1.807) is 31.7 Å². The number of esters is 1. The summed E-state index contributed by atoms with van der Waals surface area (Å²) in [6.45, 7) is 7.98. The maximum Gasteiger partial charge on any atom is 0.341 e. The number of hydrogen-bond donors (Lipinski definition) is 1. The highest BCUT2D eigenvalue weighted by Crippen LogP contribution is 2.38. The molecule has 0 unspecified atom stereocenters. The van der Waals surface area contributed by atoms with Crippen LogP contribution in [0.3, 0.4) is 0 Å². The first-order valence-corrected chi connectivity index (χ1v) is 9.59. The lowest BCUT2D eigenvalue weighted by atomic mass is 10.0. The zero-order chi connectivity index (χ0) is 19.7. The van der Waals surface area contributed by atoms with E-state index in [0.29, 0.717) is 47.2 Å². The zero-order valence-corrected chi connectivity index (χ0v) is 16.6. The van der Waals surface area contributed by atoms with Crippen LogP contribution < -0.4 is 5.32 Å². The minimum absolute atomic E-state index is 0.0122. The van der Waals surface area contributed by atoms with Crippen molar-refractivity contribution in [2.75, 3.05) is 18.5 Å². The number of aryl methyl sites for hydroxylation is 2. The molecule has 0 fully saturated rings. The first-order valence-electron chi connectivity index (χ1n) is 8.77. The van der Waals surface area contributed by atoms with Gasteiger partial charge in [0.15, 0.2) is 0 Å². The predicted octanol–water partition coefficient (Wildman–Crippen LogP) is 3.29. The first-order chi connectivity index (χ1) is 12.8. The lowest BCUT2D eigenvalue weighted by Crippen LogP contribution is -2.34. The molecule has 1 aliphatic heterocycles. The van der Waals surface area contributed by atoms with Gasteiger partial charge in [-0.05, 0) is 38.8 Å². The van der Waals surface area contributed by atoms with Gasteiger partial charge in [-0.3, -0.25) is 9.59 Å². The molecular formula is C19H22N2O5S. The Labute approximate surface area is 161 Å². The van der Waals surface area contributed by atoms with Gasteiger partial charge in [-0.25, -0.2) is 4.79 Å². The summed E-state index contributed by atoms with van der Waals surface area (Å²) >= 11 is 1.32. The first kappa shape index (κ1) is 19.2. The Hall–Kier alpha value is -2.61. The van der Waals surface area contributed by atoms with Crippen LogP contribution in [-0.2, 0) is 22.5 Å². The normalized spacial score (nSPS) is 13.3. The quantitative estimate of drug-likeness (QED) is 0.809. The molecule has 1 aliphatic rings. The topological polar surface area (TPSA) is 88.8 Å². The molecule has 2 aromatic rings. The molecule has 3 rings (SSSR count). The number of thiophene rings is 1. The molecule has 27 heavy (non-hydrogen) atoms. The second kappa shape index (κ2) is 7.56. The van der Waals surface area contributed by atoms with Crippen LogP contribution in [-0.4, -0.2) is 35.8 Å². The molecule has 2 aromatic heterocycles. The number of carbonyl (C=O) groups excluding carboxylic acids is 3. The molecular weight excluding hydrogens is 368 g/mol. The van der Waals surface area contributed by atoms with Crippen molar-refractivity contribution in [3.63, 3.8) is 0 Å². The molecule has 0 saturated heterocycles. The zero-order valence-electron chi connectivity index (χ0n) is 15.8. The van der Waals surface area contributed by atoms with E-state index in [1.165, 1.54) is 18.3 Å². The summed E-state index contributed by atoms with van der Waals surface area (Å²) in [6, 6.07) is 1.67. The molecule has 0 atom stereocenters. The number of anilines is 1. The summed E-state index contributed by atoms with van der Waals surface area (Å²) in [5.41, 5.74) is 1.68. The number of amides is 2. The molecule has 8 heteroatoms. The predicted molar refractivity (Wildman–Crippen MR) is 101 cm³/mol. The van der Waals surface area contributed by atoms with Gasteiger partial charge in [0, 0.05) is 18.3 Å². The Balaban J connectivity index is 1.96. The number of hydrogen-bond acceptors (Lipinski definition) is 6. The SMILES string of the molecule is CCOC(=O)c1c(NC(=O)c2cc(C)oc2C)sc2c1CCN(C(C)=O)C2. The van der Waals surface area contributed by atoms with Crippen molar-refractivity contribution < 1.29 is 23.5 Å².